The molecule has 2 heterocycles. The van der Waals surface area contributed by atoms with E-state index in [1.165, 1.54) is 18.2 Å². The summed E-state index contributed by atoms with van der Waals surface area (Å²) in [6.45, 7) is -0.206. The summed E-state index contributed by atoms with van der Waals surface area (Å²) in [6, 6.07) is 7.88. The van der Waals surface area contributed by atoms with Gasteiger partial charge in [0.2, 0.25) is 0 Å². The van der Waals surface area contributed by atoms with Gasteiger partial charge in [0.05, 0.1) is 26.5 Å². The maximum atomic E-state index is 13.5. The molecule has 1 aromatic carbocycles. The molecular weight excluding hydrogens is 400 g/mol. The number of carbonyl (C=O) groups is 3. The van der Waals surface area contributed by atoms with Crippen LogP contribution in [-0.2, 0) is 39.8 Å². The first-order valence-corrected chi connectivity index (χ1v) is 10.8. The van der Waals surface area contributed by atoms with E-state index in [4.69, 9.17) is 8.92 Å². The molecule has 1 fully saturated rings. The number of nitrogens with zero attached hydrogens (tertiary/aromatic N) is 2. The van der Waals surface area contributed by atoms with Crippen molar-refractivity contribution in [2.75, 3.05) is 26.5 Å². The van der Waals surface area contributed by atoms with E-state index in [-0.39, 0.29) is 26.0 Å². The number of methoxy groups -OCH3 is 1. The van der Waals surface area contributed by atoms with Gasteiger partial charge in [-0.15, -0.1) is 0 Å². The third-order valence-corrected chi connectivity index (χ3v) is 5.59. The molecule has 2 aliphatic rings. The molecule has 9 nitrogen and oxygen atoms in total. The molecule has 29 heavy (non-hydrogen) atoms. The van der Waals surface area contributed by atoms with Gasteiger partial charge in [-0.3, -0.25) is 13.8 Å². The fraction of sp³-hybridized carbons (Fsp3) is 0.421. The zero-order valence-corrected chi connectivity index (χ0v) is 16.9. The van der Waals surface area contributed by atoms with Crippen LogP contribution in [0.15, 0.2) is 42.5 Å². The van der Waals surface area contributed by atoms with E-state index in [1.54, 1.807) is 30.3 Å². The van der Waals surface area contributed by atoms with Crippen LogP contribution in [0.1, 0.15) is 12.0 Å². The first-order valence-electron chi connectivity index (χ1n) is 8.98. The van der Waals surface area contributed by atoms with Gasteiger partial charge in [0.15, 0.2) is 6.04 Å². The maximum absolute atomic E-state index is 13.5. The van der Waals surface area contributed by atoms with Crippen LogP contribution in [0.5, 0.6) is 0 Å². The lowest BCUT2D eigenvalue weighted by molar-refractivity contribution is -0.163. The fourth-order valence-electron chi connectivity index (χ4n) is 3.65. The molecule has 1 saturated heterocycles. The third-order valence-electron chi connectivity index (χ3n) is 5.00. The molecule has 10 heteroatoms. The molecule has 0 aromatic heterocycles. The first-order chi connectivity index (χ1) is 13.7. The Morgan fingerprint density at radius 1 is 1.21 bits per heavy atom. The molecule has 2 aliphatic heterocycles. The molecule has 3 rings (SSSR count). The summed E-state index contributed by atoms with van der Waals surface area (Å²) >= 11 is 0. The summed E-state index contributed by atoms with van der Waals surface area (Å²) in [5, 5.41) is 2.32. The molecule has 2 unspecified atom stereocenters. The second kappa shape index (κ2) is 7.96. The largest absolute Gasteiger partial charge is 0.467 e. The Balaban J connectivity index is 1.99. The minimum atomic E-state index is -3.74. The number of rotatable bonds is 7. The summed E-state index contributed by atoms with van der Waals surface area (Å²) in [6.07, 6.45) is 3.94. The van der Waals surface area contributed by atoms with Gasteiger partial charge in [-0.2, -0.15) is 8.42 Å². The van der Waals surface area contributed by atoms with Crippen molar-refractivity contribution in [2.24, 2.45) is 5.41 Å². The fourth-order valence-corrected chi connectivity index (χ4v) is 4.03. The van der Waals surface area contributed by atoms with Crippen molar-refractivity contribution in [1.29, 1.82) is 0 Å². The monoisotopic (exact) mass is 422 g/mol. The number of ether oxygens (including phenoxy) is 1. The first kappa shape index (κ1) is 21.0. The lowest BCUT2D eigenvalue weighted by atomic mass is 9.78. The highest BCUT2D eigenvalue weighted by Gasteiger charge is 2.60. The average Bonchev–Trinajstić information content (AvgIpc) is 2.89. The highest BCUT2D eigenvalue weighted by molar-refractivity contribution is 7.85. The van der Waals surface area contributed by atoms with Gasteiger partial charge >= 0.3 is 5.97 Å². The third kappa shape index (κ3) is 4.03. The van der Waals surface area contributed by atoms with Crippen molar-refractivity contribution in [3.63, 3.8) is 0 Å². The number of hydrogen-bond donors (Lipinski definition) is 0. The lowest BCUT2D eigenvalue weighted by Crippen LogP contribution is -2.52. The van der Waals surface area contributed by atoms with Gasteiger partial charge in [0.1, 0.15) is 5.41 Å². The Morgan fingerprint density at radius 3 is 2.52 bits per heavy atom. The van der Waals surface area contributed by atoms with Gasteiger partial charge in [-0.05, 0) is 18.4 Å². The number of carbonyl (C=O) groups excluding carboxylic acids is 3. The number of hydrazine groups is 1. The number of fused-ring (bicyclic) bond motifs is 1. The van der Waals surface area contributed by atoms with Crippen molar-refractivity contribution in [1.82, 2.24) is 10.0 Å². The summed E-state index contributed by atoms with van der Waals surface area (Å²) in [7, 11) is -2.54. The van der Waals surface area contributed by atoms with Crippen LogP contribution in [0.3, 0.4) is 0 Å². The highest BCUT2D eigenvalue weighted by Crippen LogP contribution is 2.41. The SMILES string of the molecule is COC(=O)C1C=CCN2C(=O)C(CCOS(C)(=O)=O)(Cc3ccccc3)C(=O)N12. The zero-order chi connectivity index (χ0) is 21.2. The van der Waals surface area contributed by atoms with Gasteiger partial charge in [-0.25, -0.2) is 14.8 Å². The highest BCUT2D eigenvalue weighted by atomic mass is 32.2. The predicted octanol–water partition coefficient (Wildman–Crippen LogP) is 0.279. The van der Waals surface area contributed by atoms with Crippen molar-refractivity contribution in [2.45, 2.75) is 18.9 Å². The van der Waals surface area contributed by atoms with Gasteiger partial charge in [0.25, 0.3) is 21.9 Å². The maximum Gasteiger partial charge on any atom is 0.334 e. The van der Waals surface area contributed by atoms with Crippen molar-refractivity contribution >= 4 is 27.9 Å². The summed E-state index contributed by atoms with van der Waals surface area (Å²) in [5.74, 6) is -1.75. The molecule has 0 bridgehead atoms. The Bertz CT molecular complexity index is 945. The summed E-state index contributed by atoms with van der Waals surface area (Å²) in [4.78, 5) is 39.0. The van der Waals surface area contributed by atoms with Crippen LogP contribution in [0.2, 0.25) is 0 Å². The summed E-state index contributed by atoms with van der Waals surface area (Å²) in [5.41, 5.74) is -0.846. The number of hydrogen-bond acceptors (Lipinski definition) is 7. The van der Waals surface area contributed by atoms with E-state index < -0.39 is 39.4 Å². The topological polar surface area (TPSA) is 110 Å². The predicted molar refractivity (Wildman–Crippen MR) is 101 cm³/mol. The number of benzene rings is 1. The smallest absolute Gasteiger partial charge is 0.334 e. The Labute approximate surface area is 169 Å². The molecule has 1 aromatic rings. The molecule has 0 aliphatic carbocycles. The number of amides is 2. The van der Waals surface area contributed by atoms with Crippen LogP contribution in [0.25, 0.3) is 0 Å². The minimum Gasteiger partial charge on any atom is -0.467 e. The van der Waals surface area contributed by atoms with Crippen molar-refractivity contribution in [3.8, 4) is 0 Å². The Hall–Kier alpha value is -2.72. The van der Waals surface area contributed by atoms with Crippen LogP contribution in [0.4, 0.5) is 0 Å². The van der Waals surface area contributed by atoms with E-state index in [1.807, 2.05) is 6.07 Å². The van der Waals surface area contributed by atoms with Gasteiger partial charge < -0.3 is 4.74 Å². The summed E-state index contributed by atoms with van der Waals surface area (Å²) < 4.78 is 32.3. The second-order valence-electron chi connectivity index (χ2n) is 6.95. The molecule has 2 atom stereocenters. The van der Waals surface area contributed by atoms with Crippen LogP contribution in [-0.4, -0.2) is 68.8 Å². The normalized spacial score (nSPS) is 24.0. The molecule has 2 amide bonds. The van der Waals surface area contributed by atoms with Crippen molar-refractivity contribution in [3.05, 3.63) is 48.0 Å². The Kier molecular flexibility index (Phi) is 5.76. The Morgan fingerprint density at radius 2 is 1.90 bits per heavy atom. The lowest BCUT2D eigenvalue weighted by Gasteiger charge is -2.33. The van der Waals surface area contributed by atoms with Crippen molar-refractivity contribution < 1.29 is 31.7 Å². The van der Waals surface area contributed by atoms with E-state index in [0.29, 0.717) is 0 Å². The van der Waals surface area contributed by atoms with E-state index in [9.17, 15) is 22.8 Å². The number of esters is 1. The molecule has 156 valence electrons. The minimum absolute atomic E-state index is 0.0551. The van der Waals surface area contributed by atoms with E-state index in [0.717, 1.165) is 16.8 Å². The quantitative estimate of drug-likeness (QED) is 0.269. The molecule has 0 saturated carbocycles. The van der Waals surface area contributed by atoms with E-state index in [2.05, 4.69) is 0 Å². The molecule has 0 N–H and O–H groups in total. The van der Waals surface area contributed by atoms with Gasteiger partial charge in [0, 0.05) is 0 Å². The van der Waals surface area contributed by atoms with Crippen LogP contribution in [0, 0.1) is 5.41 Å². The van der Waals surface area contributed by atoms with Crippen LogP contribution >= 0.6 is 0 Å². The molecular formula is C19H22N2O7S. The van der Waals surface area contributed by atoms with Gasteiger partial charge in [-0.1, -0.05) is 42.5 Å². The second-order valence-corrected chi connectivity index (χ2v) is 8.60. The van der Waals surface area contributed by atoms with Crippen LogP contribution < -0.4 is 0 Å². The zero-order valence-electron chi connectivity index (χ0n) is 16.1. The standard InChI is InChI=1S/C19H22N2O7S/c1-27-16(22)15-9-6-11-20-17(23)19(18(24)21(15)20,10-12-28-29(2,25)26)13-14-7-4-3-5-8-14/h3-9,15H,10-13H2,1-2H3. The van der Waals surface area contributed by atoms with E-state index >= 15 is 0 Å². The molecule has 0 radical (unpaired) electrons. The average molecular weight is 422 g/mol. The molecule has 0 spiro atoms.